The molecule has 4 rings (SSSR count). The first-order valence-electron chi connectivity index (χ1n) is 12.6. The van der Waals surface area contributed by atoms with Crippen molar-refractivity contribution in [1.29, 1.82) is 0 Å². The van der Waals surface area contributed by atoms with Crippen molar-refractivity contribution in [3.63, 3.8) is 0 Å². The Morgan fingerprint density at radius 1 is 0.971 bits per heavy atom. The average molecular weight is 475 g/mol. The van der Waals surface area contributed by atoms with Gasteiger partial charge >= 0.3 is 5.97 Å². The highest BCUT2D eigenvalue weighted by atomic mass is 16.7. The van der Waals surface area contributed by atoms with Gasteiger partial charge in [-0.2, -0.15) is 0 Å². The lowest BCUT2D eigenvalue weighted by molar-refractivity contribution is -0.105. The minimum atomic E-state index is -0.257. The van der Waals surface area contributed by atoms with E-state index in [4.69, 9.17) is 14.2 Å². The fourth-order valence-corrected chi connectivity index (χ4v) is 4.09. The summed E-state index contributed by atoms with van der Waals surface area (Å²) in [5.41, 5.74) is 2.65. The van der Waals surface area contributed by atoms with Gasteiger partial charge in [0.15, 0.2) is 6.29 Å². The minimum absolute atomic E-state index is 0.0924. The van der Waals surface area contributed by atoms with E-state index in [1.54, 1.807) is 12.1 Å². The quantitative estimate of drug-likeness (QED) is 0.237. The third-order valence-corrected chi connectivity index (χ3v) is 6.13. The number of aromatic nitrogens is 2. The molecule has 0 spiro atoms. The molecule has 184 valence electrons. The molecule has 2 aromatic carbocycles. The largest absolute Gasteiger partial charge is 0.465 e. The molecule has 2 unspecified atom stereocenters. The van der Waals surface area contributed by atoms with Crippen molar-refractivity contribution in [2.24, 2.45) is 0 Å². The van der Waals surface area contributed by atoms with Gasteiger partial charge in [0, 0.05) is 30.8 Å². The molecule has 6 nitrogen and oxygen atoms in total. The Bertz CT molecular complexity index is 1030. The monoisotopic (exact) mass is 474 g/mol. The van der Waals surface area contributed by atoms with Gasteiger partial charge in [0.2, 0.25) is 0 Å². The molecule has 3 aromatic rings. The van der Waals surface area contributed by atoms with Crippen LogP contribution in [0.3, 0.4) is 0 Å². The van der Waals surface area contributed by atoms with Crippen molar-refractivity contribution in [2.75, 3.05) is 6.61 Å². The lowest BCUT2D eigenvalue weighted by Crippen LogP contribution is -2.24. The molecule has 1 fully saturated rings. The summed E-state index contributed by atoms with van der Waals surface area (Å²) in [4.78, 5) is 21.2. The lowest BCUT2D eigenvalue weighted by atomic mass is 10.1. The highest BCUT2D eigenvalue weighted by Crippen LogP contribution is 2.24. The first kappa shape index (κ1) is 24.9. The van der Waals surface area contributed by atoms with E-state index in [1.807, 2.05) is 61.8 Å². The van der Waals surface area contributed by atoms with Crippen LogP contribution in [0.4, 0.5) is 0 Å². The Morgan fingerprint density at radius 3 is 2.46 bits per heavy atom. The van der Waals surface area contributed by atoms with Crippen molar-refractivity contribution < 1.29 is 19.0 Å². The van der Waals surface area contributed by atoms with E-state index in [1.165, 1.54) is 0 Å². The number of benzene rings is 2. The van der Waals surface area contributed by atoms with E-state index in [0.717, 1.165) is 80.7 Å². The molecule has 0 bridgehead atoms. The summed E-state index contributed by atoms with van der Waals surface area (Å²) in [7, 11) is 0. The summed E-state index contributed by atoms with van der Waals surface area (Å²) < 4.78 is 17.1. The van der Waals surface area contributed by atoms with Crippen LogP contribution in [0.25, 0.3) is 11.1 Å². The lowest BCUT2D eigenvalue weighted by Gasteiger charge is -2.23. The summed E-state index contributed by atoms with van der Waals surface area (Å²) >= 11 is 0. The van der Waals surface area contributed by atoms with Crippen molar-refractivity contribution in [3.05, 3.63) is 78.4 Å². The van der Waals surface area contributed by atoms with Gasteiger partial charge in [0.05, 0.1) is 18.3 Å². The molecule has 0 N–H and O–H groups in total. The molecule has 2 atom stereocenters. The number of ether oxygens (including phenoxy) is 3. The molecule has 0 radical (unpaired) electrons. The molecule has 0 saturated carbocycles. The van der Waals surface area contributed by atoms with Gasteiger partial charge in [0.1, 0.15) is 11.6 Å². The van der Waals surface area contributed by atoms with Gasteiger partial charge in [-0.15, -0.1) is 0 Å². The van der Waals surface area contributed by atoms with Gasteiger partial charge in [-0.25, -0.2) is 14.8 Å². The molecule has 2 heterocycles. The topological polar surface area (TPSA) is 70.5 Å². The number of hydrogen-bond acceptors (Lipinski definition) is 6. The number of hydrogen-bond donors (Lipinski definition) is 0. The predicted octanol–water partition coefficient (Wildman–Crippen LogP) is 6.40. The maximum Gasteiger partial charge on any atom is 0.338 e. The van der Waals surface area contributed by atoms with Crippen molar-refractivity contribution >= 4 is 5.97 Å². The molecule has 1 aromatic heterocycles. The van der Waals surface area contributed by atoms with Gasteiger partial charge in [-0.3, -0.25) is 0 Å². The highest BCUT2D eigenvalue weighted by molar-refractivity contribution is 5.89. The second-order valence-corrected chi connectivity index (χ2v) is 9.01. The highest BCUT2D eigenvalue weighted by Gasteiger charge is 2.15. The van der Waals surface area contributed by atoms with Gasteiger partial charge in [-0.05, 0) is 68.9 Å². The van der Waals surface area contributed by atoms with Crippen molar-refractivity contribution in [2.45, 2.75) is 70.7 Å². The predicted molar refractivity (Wildman–Crippen MR) is 135 cm³/mol. The fraction of sp³-hybridized carbons (Fsp3) is 0.414. The van der Waals surface area contributed by atoms with Gasteiger partial charge in [0.25, 0.3) is 0 Å². The van der Waals surface area contributed by atoms with Crippen LogP contribution in [0.15, 0.2) is 67.0 Å². The van der Waals surface area contributed by atoms with Crippen LogP contribution in [0.1, 0.15) is 68.1 Å². The number of esters is 1. The number of carbonyl (C=O) groups excluding carboxylic acids is 1. The van der Waals surface area contributed by atoms with Crippen LogP contribution in [0.2, 0.25) is 0 Å². The fourth-order valence-electron chi connectivity index (χ4n) is 4.09. The number of rotatable bonds is 11. The third kappa shape index (κ3) is 7.89. The molecule has 1 aliphatic heterocycles. The number of unbranched alkanes of at least 4 members (excludes halogenated alkanes) is 2. The van der Waals surface area contributed by atoms with Crippen LogP contribution >= 0.6 is 0 Å². The van der Waals surface area contributed by atoms with Crippen LogP contribution < -0.4 is 4.74 Å². The number of nitrogens with zero attached hydrogens (tertiary/aromatic N) is 2. The first-order chi connectivity index (χ1) is 17.2. The SMILES string of the molecule is CC(CCCCCc1ncc(-c2ccc(OC3CCCCO3)cc2)cn1)OC(=O)c1ccccc1. The van der Waals surface area contributed by atoms with E-state index >= 15 is 0 Å². The molecule has 0 aliphatic carbocycles. The van der Waals surface area contributed by atoms with Crippen LogP contribution in [0.5, 0.6) is 5.75 Å². The van der Waals surface area contributed by atoms with Crippen molar-refractivity contribution in [3.8, 4) is 16.9 Å². The Kier molecular flexibility index (Phi) is 9.24. The van der Waals surface area contributed by atoms with E-state index in [0.29, 0.717) is 5.56 Å². The van der Waals surface area contributed by atoms with Crippen LogP contribution in [0, 0.1) is 0 Å². The second-order valence-electron chi connectivity index (χ2n) is 9.01. The first-order valence-corrected chi connectivity index (χ1v) is 12.6. The third-order valence-electron chi connectivity index (χ3n) is 6.13. The molecular formula is C29H34N2O4. The molecule has 6 heteroatoms. The van der Waals surface area contributed by atoms with E-state index in [-0.39, 0.29) is 18.4 Å². The molecule has 0 amide bonds. The Morgan fingerprint density at radius 2 is 1.74 bits per heavy atom. The zero-order chi connectivity index (χ0) is 24.3. The summed E-state index contributed by atoms with van der Waals surface area (Å²) in [6.45, 7) is 2.72. The normalized spacial score (nSPS) is 16.4. The van der Waals surface area contributed by atoms with E-state index in [9.17, 15) is 4.79 Å². The molecule has 1 aliphatic rings. The summed E-state index contributed by atoms with van der Waals surface area (Å²) in [5.74, 6) is 1.42. The molecule has 1 saturated heterocycles. The standard InChI is InChI=1S/C29H34N2O4/c1-22(34-29(32)24-11-5-3-6-12-24)10-4-2-7-13-27-30-20-25(21-31-27)23-15-17-26(18-16-23)35-28-14-8-9-19-33-28/h3,5-6,11-12,15-18,20-22,28H,2,4,7-10,13-14,19H2,1H3. The smallest absolute Gasteiger partial charge is 0.338 e. The summed E-state index contributed by atoms with van der Waals surface area (Å²) in [6.07, 6.45) is 11.5. The molecular weight excluding hydrogens is 440 g/mol. The second kappa shape index (κ2) is 13.0. The summed E-state index contributed by atoms with van der Waals surface area (Å²) in [5, 5.41) is 0. The Labute approximate surface area is 207 Å². The Balaban J connectivity index is 1.15. The average Bonchev–Trinajstić information content (AvgIpc) is 2.90. The van der Waals surface area contributed by atoms with Crippen LogP contribution in [-0.2, 0) is 15.9 Å². The molecule has 35 heavy (non-hydrogen) atoms. The number of aryl methyl sites for hydroxylation is 1. The number of carbonyl (C=O) groups is 1. The van der Waals surface area contributed by atoms with Gasteiger partial charge in [-0.1, -0.05) is 36.8 Å². The summed E-state index contributed by atoms with van der Waals surface area (Å²) in [6, 6.07) is 17.1. The minimum Gasteiger partial charge on any atom is -0.465 e. The zero-order valence-corrected chi connectivity index (χ0v) is 20.4. The maximum atomic E-state index is 12.1. The van der Waals surface area contributed by atoms with Gasteiger partial charge < -0.3 is 14.2 Å². The zero-order valence-electron chi connectivity index (χ0n) is 20.4. The van der Waals surface area contributed by atoms with Crippen molar-refractivity contribution in [1.82, 2.24) is 9.97 Å². The van der Waals surface area contributed by atoms with Crippen LogP contribution in [-0.4, -0.2) is 34.9 Å². The maximum absolute atomic E-state index is 12.1. The van der Waals surface area contributed by atoms with E-state index < -0.39 is 0 Å². The van der Waals surface area contributed by atoms with E-state index in [2.05, 4.69) is 9.97 Å². The Hall–Kier alpha value is -3.25.